The molecular formula is C20H14F2N6O. The van der Waals surface area contributed by atoms with Gasteiger partial charge in [-0.3, -0.25) is 0 Å². The van der Waals surface area contributed by atoms with Crippen molar-refractivity contribution in [2.75, 3.05) is 17.2 Å². The molecule has 29 heavy (non-hydrogen) atoms. The minimum Gasteiger partial charge on any atom is -0.476 e. The van der Waals surface area contributed by atoms with Crippen LogP contribution in [0.25, 0.3) is 0 Å². The van der Waals surface area contributed by atoms with Crippen molar-refractivity contribution in [3.05, 3.63) is 65.9 Å². The minimum atomic E-state index is -0.717. The van der Waals surface area contributed by atoms with Crippen LogP contribution in [0.3, 0.4) is 0 Å². The maximum Gasteiger partial charge on any atom is 0.229 e. The molecular weight excluding hydrogens is 378 g/mol. The topological polar surface area (TPSA) is 107 Å². The summed E-state index contributed by atoms with van der Waals surface area (Å²) in [6.07, 6.45) is 1.29. The highest BCUT2D eigenvalue weighted by Gasteiger charge is 2.10. The van der Waals surface area contributed by atoms with Crippen LogP contribution in [0.15, 0.2) is 48.7 Å². The van der Waals surface area contributed by atoms with E-state index < -0.39 is 11.6 Å². The number of anilines is 4. The molecule has 0 fully saturated rings. The van der Waals surface area contributed by atoms with Gasteiger partial charge in [0.15, 0.2) is 29.8 Å². The summed E-state index contributed by atoms with van der Waals surface area (Å²) in [5.74, 6) is -1.51. The number of rotatable bonds is 7. The first-order valence-electron chi connectivity index (χ1n) is 8.41. The molecule has 7 nitrogen and oxygen atoms in total. The lowest BCUT2D eigenvalue weighted by molar-refractivity contribution is 0.346. The van der Waals surface area contributed by atoms with Gasteiger partial charge < -0.3 is 15.4 Å². The zero-order valence-corrected chi connectivity index (χ0v) is 15.0. The monoisotopic (exact) mass is 392 g/mol. The molecule has 2 N–H and O–H groups in total. The summed E-state index contributed by atoms with van der Waals surface area (Å²) in [6, 6.07) is 14.8. The van der Waals surface area contributed by atoms with E-state index in [1.807, 2.05) is 0 Å². The van der Waals surface area contributed by atoms with Crippen LogP contribution in [0.1, 0.15) is 5.56 Å². The van der Waals surface area contributed by atoms with E-state index >= 15 is 0 Å². The molecule has 0 saturated heterocycles. The quantitative estimate of drug-likeness (QED) is 0.620. The number of hydrogen-bond donors (Lipinski definition) is 2. The van der Waals surface area contributed by atoms with Crippen molar-refractivity contribution in [1.29, 1.82) is 10.5 Å². The van der Waals surface area contributed by atoms with Crippen LogP contribution >= 0.6 is 0 Å². The Balaban J connectivity index is 1.74. The third kappa shape index (κ3) is 5.15. The number of halogens is 2. The number of nitrogens with one attached hydrogen (secondary N) is 2. The second-order valence-electron chi connectivity index (χ2n) is 5.76. The van der Waals surface area contributed by atoms with Gasteiger partial charge >= 0.3 is 0 Å². The Hall–Kier alpha value is -4.24. The van der Waals surface area contributed by atoms with E-state index in [2.05, 4.69) is 26.7 Å². The van der Waals surface area contributed by atoms with Gasteiger partial charge in [0, 0.05) is 17.4 Å². The summed E-state index contributed by atoms with van der Waals surface area (Å²) in [4.78, 5) is 7.95. The Morgan fingerprint density at radius 1 is 0.931 bits per heavy atom. The molecule has 2 aromatic carbocycles. The number of ether oxygens (including phenoxy) is 1. The van der Waals surface area contributed by atoms with Crippen LogP contribution in [0, 0.1) is 34.3 Å². The van der Waals surface area contributed by atoms with E-state index in [9.17, 15) is 8.78 Å². The molecule has 0 amide bonds. The van der Waals surface area contributed by atoms with Gasteiger partial charge in [-0.25, -0.2) is 13.8 Å². The van der Waals surface area contributed by atoms with E-state index in [1.165, 1.54) is 12.1 Å². The first-order chi connectivity index (χ1) is 14.1. The van der Waals surface area contributed by atoms with Gasteiger partial charge in [0.2, 0.25) is 5.95 Å². The van der Waals surface area contributed by atoms with E-state index in [1.54, 1.807) is 30.3 Å². The lowest BCUT2D eigenvalue weighted by Gasteiger charge is -2.11. The lowest BCUT2D eigenvalue weighted by atomic mass is 10.1. The smallest absolute Gasteiger partial charge is 0.229 e. The summed E-state index contributed by atoms with van der Waals surface area (Å²) in [5.41, 5.74) is 1.77. The number of benzene rings is 2. The molecule has 0 saturated carbocycles. The lowest BCUT2D eigenvalue weighted by Crippen LogP contribution is -2.04. The third-order valence-electron chi connectivity index (χ3n) is 3.72. The largest absolute Gasteiger partial charge is 0.476 e. The molecule has 3 rings (SSSR count). The second-order valence-corrected chi connectivity index (χ2v) is 5.76. The molecule has 0 aliphatic carbocycles. The van der Waals surface area contributed by atoms with Crippen molar-refractivity contribution in [3.63, 3.8) is 0 Å². The summed E-state index contributed by atoms with van der Waals surface area (Å²) in [5, 5.41) is 22.8. The average molecular weight is 392 g/mol. The van der Waals surface area contributed by atoms with Crippen LogP contribution in [0.2, 0.25) is 0 Å². The van der Waals surface area contributed by atoms with Crippen LogP contribution in [0.4, 0.5) is 31.9 Å². The summed E-state index contributed by atoms with van der Waals surface area (Å²) in [6.45, 7) is -0.281. The number of nitrogens with zero attached hydrogens (tertiary/aromatic N) is 4. The molecule has 0 unspecified atom stereocenters. The molecule has 0 radical (unpaired) electrons. The molecule has 0 aliphatic rings. The molecule has 1 heterocycles. The first kappa shape index (κ1) is 19.5. The third-order valence-corrected chi connectivity index (χ3v) is 3.72. The highest BCUT2D eigenvalue weighted by atomic mass is 19.1. The van der Waals surface area contributed by atoms with Gasteiger partial charge in [0.25, 0.3) is 0 Å². The van der Waals surface area contributed by atoms with Crippen LogP contribution in [0.5, 0.6) is 5.75 Å². The fourth-order valence-corrected chi connectivity index (χ4v) is 2.38. The molecule has 1 aromatic heterocycles. The fourth-order valence-electron chi connectivity index (χ4n) is 2.38. The predicted molar refractivity (Wildman–Crippen MR) is 102 cm³/mol. The van der Waals surface area contributed by atoms with Crippen molar-refractivity contribution in [1.82, 2.24) is 9.97 Å². The number of nitriles is 2. The van der Waals surface area contributed by atoms with E-state index in [0.717, 1.165) is 17.8 Å². The van der Waals surface area contributed by atoms with Crippen LogP contribution < -0.4 is 15.4 Å². The summed E-state index contributed by atoms with van der Waals surface area (Å²) >= 11 is 0. The second kappa shape index (κ2) is 9.11. The Kier molecular flexibility index (Phi) is 6.13. The summed E-state index contributed by atoms with van der Waals surface area (Å²) in [7, 11) is 0. The molecule has 0 aliphatic heterocycles. The normalized spacial score (nSPS) is 9.93. The highest BCUT2D eigenvalue weighted by molar-refractivity contribution is 5.61. The van der Waals surface area contributed by atoms with Crippen molar-refractivity contribution in [2.45, 2.75) is 6.42 Å². The standard InChI is InChI=1S/C20H14F2N6O/c21-16-11-15(5-6-18(16)29-10-9-24)26-19-17(22)12-25-20(28-19)27-14-3-1-13(2-4-14)7-8-23/h1-6,11-12H,7,10H2,(H2,25,26,27,28). The maximum absolute atomic E-state index is 14.1. The van der Waals surface area contributed by atoms with E-state index in [-0.39, 0.29) is 29.8 Å². The van der Waals surface area contributed by atoms with Crippen molar-refractivity contribution < 1.29 is 13.5 Å². The molecule has 0 spiro atoms. The first-order valence-corrected chi connectivity index (χ1v) is 8.41. The Morgan fingerprint density at radius 2 is 1.69 bits per heavy atom. The van der Waals surface area contributed by atoms with Crippen LogP contribution in [-0.4, -0.2) is 16.6 Å². The van der Waals surface area contributed by atoms with Crippen molar-refractivity contribution in [3.8, 4) is 17.9 Å². The Labute approximate surface area is 165 Å². The average Bonchev–Trinajstić information content (AvgIpc) is 2.71. The Morgan fingerprint density at radius 3 is 2.38 bits per heavy atom. The molecule has 0 atom stereocenters. The molecule has 0 bridgehead atoms. The zero-order chi connectivity index (χ0) is 20.6. The Bertz CT molecular complexity index is 1090. The number of hydrogen-bond acceptors (Lipinski definition) is 7. The molecule has 3 aromatic rings. The zero-order valence-electron chi connectivity index (χ0n) is 15.0. The maximum atomic E-state index is 14.1. The highest BCUT2D eigenvalue weighted by Crippen LogP contribution is 2.25. The van der Waals surface area contributed by atoms with Gasteiger partial charge in [0.05, 0.1) is 18.7 Å². The van der Waals surface area contributed by atoms with Crippen molar-refractivity contribution >= 4 is 23.1 Å². The van der Waals surface area contributed by atoms with Gasteiger partial charge in [-0.15, -0.1) is 0 Å². The molecule has 9 heteroatoms. The number of aromatic nitrogens is 2. The van der Waals surface area contributed by atoms with Gasteiger partial charge in [0.1, 0.15) is 6.07 Å². The SMILES string of the molecule is N#CCOc1ccc(Nc2nc(Nc3ccc(CC#N)cc3)ncc2F)cc1F. The van der Waals surface area contributed by atoms with Crippen molar-refractivity contribution in [2.24, 2.45) is 0 Å². The fraction of sp³-hybridized carbons (Fsp3) is 0.100. The van der Waals surface area contributed by atoms with Gasteiger partial charge in [-0.05, 0) is 29.8 Å². The van der Waals surface area contributed by atoms with Crippen LogP contribution in [-0.2, 0) is 6.42 Å². The van der Waals surface area contributed by atoms with E-state index in [4.69, 9.17) is 15.3 Å². The van der Waals surface area contributed by atoms with Gasteiger partial charge in [-0.1, -0.05) is 12.1 Å². The van der Waals surface area contributed by atoms with E-state index in [0.29, 0.717) is 12.1 Å². The minimum absolute atomic E-state index is 0.0811. The summed E-state index contributed by atoms with van der Waals surface area (Å²) < 4.78 is 33.0. The molecule has 144 valence electrons. The predicted octanol–water partition coefficient (Wildman–Crippen LogP) is 4.21. The van der Waals surface area contributed by atoms with Gasteiger partial charge in [-0.2, -0.15) is 15.5 Å².